The Morgan fingerprint density at radius 3 is 2.47 bits per heavy atom. The van der Waals surface area contributed by atoms with Gasteiger partial charge in [0.1, 0.15) is 6.61 Å². The molecule has 2 aromatic rings. The molecule has 1 amide bonds. The van der Waals surface area contributed by atoms with Crippen LogP contribution in [0.3, 0.4) is 0 Å². The number of ketones is 1. The number of carbonyl (C=O) groups is 2. The van der Waals surface area contributed by atoms with Gasteiger partial charge in [-0.1, -0.05) is 35.9 Å². The highest BCUT2D eigenvalue weighted by Gasteiger charge is 2.40. The summed E-state index contributed by atoms with van der Waals surface area (Å²) < 4.78 is 11.6. The molecule has 0 saturated heterocycles. The van der Waals surface area contributed by atoms with Gasteiger partial charge in [-0.2, -0.15) is 0 Å². The lowest BCUT2D eigenvalue weighted by Crippen LogP contribution is -2.47. The Balaban J connectivity index is 1.64. The highest BCUT2D eigenvalue weighted by molar-refractivity contribution is 6.01. The van der Waals surface area contributed by atoms with E-state index in [2.05, 4.69) is 19.1 Å². The minimum Gasteiger partial charge on any atom is -0.493 e. The van der Waals surface area contributed by atoms with Crippen molar-refractivity contribution in [3.63, 3.8) is 0 Å². The van der Waals surface area contributed by atoms with E-state index in [0.29, 0.717) is 24.5 Å². The van der Waals surface area contributed by atoms with Crippen LogP contribution in [0.15, 0.2) is 53.7 Å². The number of hydrogen-bond donors (Lipinski definition) is 0. The van der Waals surface area contributed by atoms with Crippen molar-refractivity contribution in [2.75, 3.05) is 21.2 Å². The zero-order valence-electron chi connectivity index (χ0n) is 19.2. The molecule has 6 nitrogen and oxygen atoms in total. The Hall–Kier alpha value is -3.12. The fraction of sp³-hybridized carbons (Fsp3) is 0.385. The van der Waals surface area contributed by atoms with Crippen molar-refractivity contribution in [2.45, 2.75) is 45.1 Å². The first kappa shape index (κ1) is 22.1. The third kappa shape index (κ3) is 4.28. The molecule has 6 heteroatoms. The first-order valence-electron chi connectivity index (χ1n) is 11.0. The lowest BCUT2D eigenvalue weighted by Gasteiger charge is -2.41. The SMILES string of the molecule is COc1cc(C2CC(=O)N(N(C)C)C3=C2C(=O)CCC3)ccc1OCc1ccc(C)cc1. The lowest BCUT2D eigenvalue weighted by molar-refractivity contribution is -0.143. The molecule has 0 aromatic heterocycles. The van der Waals surface area contributed by atoms with Crippen molar-refractivity contribution >= 4 is 11.7 Å². The highest BCUT2D eigenvalue weighted by atomic mass is 16.5. The van der Waals surface area contributed by atoms with Crippen LogP contribution in [-0.4, -0.2) is 42.9 Å². The normalized spacial score (nSPS) is 18.8. The Morgan fingerprint density at radius 2 is 1.78 bits per heavy atom. The van der Waals surface area contributed by atoms with Crippen LogP contribution in [-0.2, 0) is 16.2 Å². The maximum atomic E-state index is 13.0. The molecule has 0 fully saturated rings. The average molecular weight is 435 g/mol. The molecule has 1 heterocycles. The van der Waals surface area contributed by atoms with Crippen molar-refractivity contribution < 1.29 is 19.1 Å². The molecule has 0 radical (unpaired) electrons. The van der Waals surface area contributed by atoms with Gasteiger partial charge in [0.2, 0.25) is 5.91 Å². The minimum absolute atomic E-state index is 0.00659. The van der Waals surface area contributed by atoms with Crippen molar-refractivity contribution in [2.24, 2.45) is 0 Å². The predicted molar refractivity (Wildman–Crippen MR) is 122 cm³/mol. The largest absolute Gasteiger partial charge is 0.493 e. The summed E-state index contributed by atoms with van der Waals surface area (Å²) >= 11 is 0. The predicted octanol–water partition coefficient (Wildman–Crippen LogP) is 4.38. The Morgan fingerprint density at radius 1 is 1.03 bits per heavy atom. The number of methoxy groups -OCH3 is 1. The summed E-state index contributed by atoms with van der Waals surface area (Å²) in [6, 6.07) is 13.9. The van der Waals surface area contributed by atoms with Gasteiger partial charge in [-0.3, -0.25) is 9.59 Å². The molecule has 0 N–H and O–H groups in total. The van der Waals surface area contributed by atoms with Crippen LogP contribution in [0.25, 0.3) is 0 Å². The van der Waals surface area contributed by atoms with Crippen molar-refractivity contribution in [3.8, 4) is 11.5 Å². The molecule has 168 valence electrons. The van der Waals surface area contributed by atoms with E-state index in [0.717, 1.165) is 35.2 Å². The van der Waals surface area contributed by atoms with Crippen LogP contribution in [0.1, 0.15) is 48.3 Å². The molecular formula is C26H30N2O4. The van der Waals surface area contributed by atoms with Crippen molar-refractivity contribution in [1.29, 1.82) is 0 Å². The van der Waals surface area contributed by atoms with E-state index in [9.17, 15) is 9.59 Å². The van der Waals surface area contributed by atoms with Gasteiger partial charge in [-0.25, -0.2) is 10.0 Å². The summed E-state index contributed by atoms with van der Waals surface area (Å²) in [6.45, 7) is 2.49. The van der Waals surface area contributed by atoms with E-state index in [4.69, 9.17) is 9.47 Å². The van der Waals surface area contributed by atoms with Gasteiger partial charge in [0.25, 0.3) is 0 Å². The van der Waals surface area contributed by atoms with Crippen LogP contribution in [0, 0.1) is 6.92 Å². The summed E-state index contributed by atoms with van der Waals surface area (Å²) in [4.78, 5) is 25.9. The molecule has 0 spiro atoms. The second-order valence-electron chi connectivity index (χ2n) is 8.63. The number of carbonyl (C=O) groups excluding carboxylic acids is 2. The monoisotopic (exact) mass is 434 g/mol. The number of benzene rings is 2. The standard InChI is InChI=1S/C26H30N2O4/c1-17-8-10-18(11-9-17)16-32-23-13-12-19(14-24(23)31-4)20-15-25(30)28(27(2)3)21-6-5-7-22(29)26(20)21/h8-14,20H,5-7,15-16H2,1-4H3. The number of hydrazine groups is 1. The van der Waals surface area contributed by atoms with Crippen LogP contribution >= 0.6 is 0 Å². The van der Waals surface area contributed by atoms with Crippen LogP contribution in [0.2, 0.25) is 0 Å². The number of allylic oxidation sites excluding steroid dienone is 2. The van der Waals surface area contributed by atoms with Gasteiger partial charge in [0.15, 0.2) is 17.3 Å². The summed E-state index contributed by atoms with van der Waals surface area (Å²) in [5, 5.41) is 3.44. The summed E-state index contributed by atoms with van der Waals surface area (Å²) in [5.41, 5.74) is 4.78. The molecule has 1 atom stereocenters. The lowest BCUT2D eigenvalue weighted by atomic mass is 9.77. The van der Waals surface area contributed by atoms with E-state index in [1.807, 2.05) is 44.4 Å². The van der Waals surface area contributed by atoms with Crippen molar-refractivity contribution in [3.05, 3.63) is 70.4 Å². The van der Waals surface area contributed by atoms with Gasteiger partial charge < -0.3 is 9.47 Å². The number of Topliss-reactive ketones (excluding diaryl/α,β-unsaturated/α-hetero) is 1. The van der Waals surface area contributed by atoms with E-state index in [-0.39, 0.29) is 24.0 Å². The molecule has 0 bridgehead atoms. The van der Waals surface area contributed by atoms with E-state index in [1.165, 1.54) is 5.56 Å². The summed E-state index contributed by atoms with van der Waals surface area (Å²) in [5.74, 6) is 1.11. The number of hydrogen-bond acceptors (Lipinski definition) is 5. The maximum Gasteiger partial charge on any atom is 0.242 e. The van der Waals surface area contributed by atoms with Crippen molar-refractivity contribution in [1.82, 2.24) is 10.0 Å². The fourth-order valence-electron chi connectivity index (χ4n) is 4.59. The van der Waals surface area contributed by atoms with E-state index >= 15 is 0 Å². The zero-order chi connectivity index (χ0) is 22.8. The van der Waals surface area contributed by atoms with Gasteiger partial charge >= 0.3 is 0 Å². The maximum absolute atomic E-state index is 13.0. The molecule has 32 heavy (non-hydrogen) atoms. The zero-order valence-corrected chi connectivity index (χ0v) is 19.2. The van der Waals surface area contributed by atoms with E-state index in [1.54, 1.807) is 17.1 Å². The summed E-state index contributed by atoms with van der Waals surface area (Å²) in [6.07, 6.45) is 2.29. The molecule has 1 aliphatic heterocycles. The second-order valence-corrected chi connectivity index (χ2v) is 8.63. The Kier molecular flexibility index (Phi) is 6.33. The summed E-state index contributed by atoms with van der Waals surface area (Å²) in [7, 11) is 5.28. The highest BCUT2D eigenvalue weighted by Crippen LogP contribution is 2.43. The minimum atomic E-state index is -0.262. The first-order valence-corrected chi connectivity index (χ1v) is 11.0. The average Bonchev–Trinajstić information content (AvgIpc) is 2.78. The van der Waals surface area contributed by atoms with Gasteiger partial charge in [-0.15, -0.1) is 0 Å². The quantitative estimate of drug-likeness (QED) is 0.675. The molecular weight excluding hydrogens is 404 g/mol. The van der Waals surface area contributed by atoms with E-state index < -0.39 is 0 Å². The number of rotatable bonds is 6. The van der Waals surface area contributed by atoms with Crippen LogP contribution in [0.4, 0.5) is 0 Å². The fourth-order valence-corrected chi connectivity index (χ4v) is 4.59. The Bertz CT molecular complexity index is 1060. The number of amides is 1. The molecule has 4 rings (SSSR count). The molecule has 2 aromatic carbocycles. The van der Waals surface area contributed by atoms with Gasteiger partial charge in [-0.05, 0) is 43.0 Å². The topological polar surface area (TPSA) is 59.1 Å². The third-order valence-corrected chi connectivity index (χ3v) is 6.15. The third-order valence-electron chi connectivity index (χ3n) is 6.15. The number of ether oxygens (including phenoxy) is 2. The first-order chi connectivity index (χ1) is 15.4. The van der Waals surface area contributed by atoms with Crippen LogP contribution in [0.5, 0.6) is 11.5 Å². The van der Waals surface area contributed by atoms with Crippen LogP contribution < -0.4 is 9.47 Å². The smallest absolute Gasteiger partial charge is 0.242 e. The number of nitrogens with zero attached hydrogens (tertiary/aromatic N) is 2. The Labute approximate surface area is 189 Å². The van der Waals surface area contributed by atoms with Gasteiger partial charge in [0, 0.05) is 44.1 Å². The molecule has 1 unspecified atom stereocenters. The molecule has 2 aliphatic rings. The molecule has 1 aliphatic carbocycles. The molecule has 0 saturated carbocycles. The number of aryl methyl sites for hydroxylation is 1. The second kappa shape index (κ2) is 9.17. The van der Waals surface area contributed by atoms with Gasteiger partial charge in [0.05, 0.1) is 7.11 Å².